The summed E-state index contributed by atoms with van der Waals surface area (Å²) in [6.07, 6.45) is 1.09. The first-order valence-corrected chi connectivity index (χ1v) is 15.4. The van der Waals surface area contributed by atoms with Gasteiger partial charge >= 0.3 is 0 Å². The fourth-order valence-corrected chi connectivity index (χ4v) is 6.08. The van der Waals surface area contributed by atoms with E-state index in [-0.39, 0.29) is 33.8 Å². The standard InChI is InChI=1S/C31H38ClN3O5S/c1-6-17-33-31(37)27(7-2)34(20-24-10-8-9-23(4)18-24)30(36)21-35(28-19-25(32)13-16-29(28)40-5)41(38,39)26-14-11-22(3)12-15-26/h8-16,18-19,27H,6-7,17,20-21H2,1-5H3,(H,33,37)/t27-/m0/s1. The highest BCUT2D eigenvalue weighted by Gasteiger charge is 2.34. The van der Waals surface area contributed by atoms with E-state index in [4.69, 9.17) is 16.3 Å². The van der Waals surface area contributed by atoms with Crippen molar-refractivity contribution < 1.29 is 22.7 Å². The number of methoxy groups -OCH3 is 1. The third-order valence-electron chi connectivity index (χ3n) is 6.67. The number of nitrogens with one attached hydrogen (secondary N) is 1. The number of hydrogen-bond donors (Lipinski definition) is 1. The average molecular weight is 600 g/mol. The van der Waals surface area contributed by atoms with Crippen LogP contribution in [0.4, 0.5) is 5.69 Å². The van der Waals surface area contributed by atoms with E-state index in [2.05, 4.69) is 5.32 Å². The molecular formula is C31H38ClN3O5S. The number of carbonyl (C=O) groups excluding carboxylic acids is 2. The van der Waals surface area contributed by atoms with Crippen molar-refractivity contribution in [3.63, 3.8) is 0 Å². The van der Waals surface area contributed by atoms with Gasteiger partial charge in [0.2, 0.25) is 11.8 Å². The number of aryl methyl sites for hydroxylation is 2. The quantitative estimate of drug-likeness (QED) is 0.280. The number of anilines is 1. The second-order valence-corrected chi connectivity index (χ2v) is 12.2. The minimum atomic E-state index is -4.25. The Morgan fingerprint density at radius 3 is 2.29 bits per heavy atom. The van der Waals surface area contributed by atoms with E-state index < -0.39 is 28.5 Å². The number of hydrogen-bond acceptors (Lipinski definition) is 5. The average Bonchev–Trinajstić information content (AvgIpc) is 2.94. The van der Waals surface area contributed by atoms with Crippen LogP contribution in [0.2, 0.25) is 5.02 Å². The van der Waals surface area contributed by atoms with Crippen LogP contribution in [0.3, 0.4) is 0 Å². The highest BCUT2D eigenvalue weighted by Crippen LogP contribution is 2.35. The number of ether oxygens (including phenoxy) is 1. The molecule has 220 valence electrons. The van der Waals surface area contributed by atoms with Gasteiger partial charge in [-0.3, -0.25) is 13.9 Å². The topological polar surface area (TPSA) is 96.0 Å². The van der Waals surface area contributed by atoms with Crippen LogP contribution < -0.4 is 14.4 Å². The molecule has 0 unspecified atom stereocenters. The minimum absolute atomic E-state index is 0.0101. The SMILES string of the molecule is CCCNC(=O)[C@H](CC)N(Cc1cccc(C)c1)C(=O)CN(c1cc(Cl)ccc1OC)S(=O)(=O)c1ccc(C)cc1. The summed E-state index contributed by atoms with van der Waals surface area (Å²) in [5.74, 6) is -0.595. The van der Waals surface area contributed by atoms with Crippen molar-refractivity contribution in [2.24, 2.45) is 0 Å². The predicted octanol–water partition coefficient (Wildman–Crippen LogP) is 5.49. The fraction of sp³-hybridized carbons (Fsp3) is 0.355. The lowest BCUT2D eigenvalue weighted by Gasteiger charge is -2.33. The molecule has 0 aliphatic carbocycles. The highest BCUT2D eigenvalue weighted by atomic mass is 35.5. The van der Waals surface area contributed by atoms with Gasteiger partial charge < -0.3 is 15.0 Å². The van der Waals surface area contributed by atoms with Crippen LogP contribution in [0, 0.1) is 13.8 Å². The van der Waals surface area contributed by atoms with E-state index in [1.54, 1.807) is 24.3 Å². The van der Waals surface area contributed by atoms with Gasteiger partial charge in [-0.05, 0) is 62.6 Å². The molecule has 3 aromatic rings. The van der Waals surface area contributed by atoms with Crippen LogP contribution in [0.25, 0.3) is 0 Å². The lowest BCUT2D eigenvalue weighted by atomic mass is 10.1. The molecule has 0 aromatic heterocycles. The Hall–Kier alpha value is -3.56. The van der Waals surface area contributed by atoms with Gasteiger partial charge in [0.15, 0.2) is 0 Å². The fourth-order valence-electron chi connectivity index (χ4n) is 4.50. The zero-order valence-corrected chi connectivity index (χ0v) is 25.8. The Kier molecular flexibility index (Phi) is 11.2. The smallest absolute Gasteiger partial charge is 0.264 e. The number of carbonyl (C=O) groups is 2. The van der Waals surface area contributed by atoms with Gasteiger partial charge in [0.1, 0.15) is 18.3 Å². The molecule has 1 atom stereocenters. The summed E-state index contributed by atoms with van der Waals surface area (Å²) in [6.45, 7) is 7.60. The highest BCUT2D eigenvalue weighted by molar-refractivity contribution is 7.92. The van der Waals surface area contributed by atoms with Gasteiger partial charge in [0.25, 0.3) is 10.0 Å². The molecule has 8 nitrogen and oxygen atoms in total. The summed E-state index contributed by atoms with van der Waals surface area (Å²) in [6, 6.07) is 17.8. The van der Waals surface area contributed by atoms with Crippen molar-refractivity contribution in [1.82, 2.24) is 10.2 Å². The molecule has 0 spiro atoms. The number of benzene rings is 3. The molecule has 1 N–H and O–H groups in total. The maximum absolute atomic E-state index is 14.2. The van der Waals surface area contributed by atoms with Crippen LogP contribution in [0.15, 0.2) is 71.6 Å². The van der Waals surface area contributed by atoms with Crippen molar-refractivity contribution in [3.05, 3.63) is 88.4 Å². The van der Waals surface area contributed by atoms with Crippen molar-refractivity contribution in [2.45, 2.75) is 58.0 Å². The van der Waals surface area contributed by atoms with Gasteiger partial charge in [-0.2, -0.15) is 0 Å². The van der Waals surface area contributed by atoms with Gasteiger partial charge in [0, 0.05) is 18.1 Å². The van der Waals surface area contributed by atoms with Crippen LogP contribution in [-0.4, -0.2) is 51.4 Å². The van der Waals surface area contributed by atoms with Crippen molar-refractivity contribution in [3.8, 4) is 5.75 Å². The predicted molar refractivity (Wildman–Crippen MR) is 163 cm³/mol. The Balaban J connectivity index is 2.12. The summed E-state index contributed by atoms with van der Waals surface area (Å²) in [7, 11) is -2.83. The molecule has 0 fully saturated rings. The molecule has 0 aliphatic heterocycles. The second kappa shape index (κ2) is 14.4. The van der Waals surface area contributed by atoms with Crippen molar-refractivity contribution in [2.75, 3.05) is 24.5 Å². The zero-order valence-electron chi connectivity index (χ0n) is 24.2. The summed E-state index contributed by atoms with van der Waals surface area (Å²) < 4.78 is 34.6. The molecular weight excluding hydrogens is 562 g/mol. The van der Waals surface area contributed by atoms with Gasteiger partial charge in [0.05, 0.1) is 17.7 Å². The lowest BCUT2D eigenvalue weighted by Crippen LogP contribution is -2.52. The molecule has 41 heavy (non-hydrogen) atoms. The first-order valence-electron chi connectivity index (χ1n) is 13.6. The summed E-state index contributed by atoms with van der Waals surface area (Å²) in [5.41, 5.74) is 2.84. The number of amides is 2. The Bertz CT molecular complexity index is 1460. The van der Waals surface area contributed by atoms with Gasteiger partial charge in [-0.15, -0.1) is 0 Å². The van der Waals surface area contributed by atoms with Gasteiger partial charge in [-0.1, -0.05) is 73.0 Å². The largest absolute Gasteiger partial charge is 0.495 e. The molecule has 3 rings (SSSR count). The molecule has 2 amide bonds. The normalized spacial score (nSPS) is 12.0. The molecule has 0 radical (unpaired) electrons. The Morgan fingerprint density at radius 1 is 0.976 bits per heavy atom. The van der Waals surface area contributed by atoms with E-state index in [0.717, 1.165) is 27.4 Å². The van der Waals surface area contributed by atoms with E-state index >= 15 is 0 Å². The van der Waals surface area contributed by atoms with Gasteiger partial charge in [-0.25, -0.2) is 8.42 Å². The maximum atomic E-state index is 14.2. The third-order valence-corrected chi connectivity index (χ3v) is 8.68. The molecule has 0 heterocycles. The number of rotatable bonds is 13. The van der Waals surface area contributed by atoms with E-state index in [1.807, 2.05) is 52.0 Å². The van der Waals surface area contributed by atoms with Crippen LogP contribution in [0.1, 0.15) is 43.4 Å². The second-order valence-electron chi connectivity index (χ2n) is 9.87. The van der Waals surface area contributed by atoms with E-state index in [9.17, 15) is 18.0 Å². The monoisotopic (exact) mass is 599 g/mol. The summed E-state index contributed by atoms with van der Waals surface area (Å²) in [4.78, 5) is 28.9. The minimum Gasteiger partial charge on any atom is -0.495 e. The molecule has 3 aromatic carbocycles. The molecule has 0 saturated heterocycles. The molecule has 0 bridgehead atoms. The summed E-state index contributed by atoms with van der Waals surface area (Å²) in [5, 5.41) is 3.16. The van der Waals surface area contributed by atoms with E-state index in [0.29, 0.717) is 13.0 Å². The van der Waals surface area contributed by atoms with Crippen molar-refractivity contribution in [1.29, 1.82) is 0 Å². The molecule has 10 heteroatoms. The van der Waals surface area contributed by atoms with Crippen molar-refractivity contribution >= 4 is 39.1 Å². The Morgan fingerprint density at radius 2 is 1.68 bits per heavy atom. The molecule has 0 saturated carbocycles. The lowest BCUT2D eigenvalue weighted by molar-refractivity contribution is -0.140. The number of nitrogens with zero attached hydrogens (tertiary/aromatic N) is 2. The first kappa shape index (κ1) is 32.0. The van der Waals surface area contributed by atoms with Crippen LogP contribution in [0.5, 0.6) is 5.75 Å². The Labute approximate surface area is 248 Å². The van der Waals surface area contributed by atoms with E-state index in [1.165, 1.54) is 30.2 Å². The number of halogens is 1. The van der Waals surface area contributed by atoms with Crippen LogP contribution >= 0.6 is 11.6 Å². The molecule has 0 aliphatic rings. The zero-order chi connectivity index (χ0) is 30.2. The van der Waals surface area contributed by atoms with Crippen LogP contribution in [-0.2, 0) is 26.2 Å². The number of sulfonamides is 1. The summed E-state index contributed by atoms with van der Waals surface area (Å²) >= 11 is 6.29. The maximum Gasteiger partial charge on any atom is 0.264 e. The third kappa shape index (κ3) is 8.01. The first-order chi connectivity index (χ1) is 19.5.